The van der Waals surface area contributed by atoms with E-state index < -0.39 is 0 Å². The summed E-state index contributed by atoms with van der Waals surface area (Å²) in [7, 11) is 0. The molecule has 0 saturated heterocycles. The van der Waals surface area contributed by atoms with Gasteiger partial charge in [0.1, 0.15) is 0 Å². The van der Waals surface area contributed by atoms with Crippen LogP contribution in [0.25, 0.3) is 20.2 Å². The number of rotatable bonds is 6. The molecule has 5 aromatic rings. The first-order valence-corrected chi connectivity index (χ1v) is 12.7. The maximum atomic E-state index is 2.48. The van der Waals surface area contributed by atoms with Crippen molar-refractivity contribution in [2.45, 2.75) is 39.0 Å². The molecule has 6 rings (SSSR count). The Morgan fingerprint density at radius 1 is 0.733 bits per heavy atom. The van der Waals surface area contributed by atoms with Crippen molar-refractivity contribution in [1.82, 2.24) is 0 Å². The number of unbranched alkanes of at least 4 members (excludes halogenated alkanes) is 1. The molecule has 0 atom stereocenters. The van der Waals surface area contributed by atoms with E-state index >= 15 is 0 Å². The fourth-order valence-corrected chi connectivity index (χ4v) is 7.18. The highest BCUT2D eigenvalue weighted by Crippen LogP contribution is 2.40. The second-order valence-corrected chi connectivity index (χ2v) is 10.4. The summed E-state index contributed by atoms with van der Waals surface area (Å²) in [6, 6.07) is 22.6. The summed E-state index contributed by atoms with van der Waals surface area (Å²) in [5, 5.41) is 11.2. The van der Waals surface area contributed by atoms with E-state index in [0.29, 0.717) is 0 Å². The van der Waals surface area contributed by atoms with E-state index in [9.17, 15) is 0 Å². The van der Waals surface area contributed by atoms with Gasteiger partial charge in [-0.3, -0.25) is 0 Å². The van der Waals surface area contributed by atoms with Gasteiger partial charge in [-0.25, -0.2) is 0 Å². The molecule has 2 heteroatoms. The topological polar surface area (TPSA) is 0 Å². The van der Waals surface area contributed by atoms with Crippen molar-refractivity contribution in [3.05, 3.63) is 103 Å². The monoisotopic (exact) mass is 424 g/mol. The van der Waals surface area contributed by atoms with Crippen LogP contribution in [0.3, 0.4) is 0 Å². The van der Waals surface area contributed by atoms with Gasteiger partial charge in [0.05, 0.1) is 0 Å². The molecule has 0 bridgehead atoms. The van der Waals surface area contributed by atoms with Gasteiger partial charge in [0.15, 0.2) is 0 Å². The lowest BCUT2D eigenvalue weighted by Crippen LogP contribution is -2.00. The second kappa shape index (κ2) is 7.37. The molecule has 0 fully saturated rings. The molecule has 2 heterocycles. The summed E-state index contributed by atoms with van der Waals surface area (Å²) in [6.45, 7) is 2.28. The first-order valence-electron chi connectivity index (χ1n) is 11.0. The molecule has 2 aromatic heterocycles. The highest BCUT2D eigenvalue weighted by molar-refractivity contribution is 7.22. The summed E-state index contributed by atoms with van der Waals surface area (Å²) in [6.07, 6.45) is 5.95. The Bertz CT molecular complexity index is 1570. The molecular formula is C28H24S2. The number of hydrogen-bond acceptors (Lipinski definition) is 2. The zero-order chi connectivity index (χ0) is 20.1. The lowest BCUT2D eigenvalue weighted by Gasteiger charge is -2.13. The predicted molar refractivity (Wildman–Crippen MR) is 131 cm³/mol. The molecule has 1 aliphatic rings. The number of benzene rings is 3. The Morgan fingerprint density at radius 2 is 1.63 bits per heavy atom. The van der Waals surface area contributed by atoms with Crippen molar-refractivity contribution < 1.29 is 0 Å². The Labute approximate surface area is 184 Å². The SMILES string of the molecule is CCCCc1cc2c(s1)c1c(c3ccsc32)=c2c(CCc3ccccc3)cccc2=1. The van der Waals surface area contributed by atoms with E-state index in [0.717, 1.165) is 12.8 Å². The van der Waals surface area contributed by atoms with Gasteiger partial charge in [0.2, 0.25) is 0 Å². The van der Waals surface area contributed by atoms with Crippen LogP contribution < -0.4 is 0 Å². The summed E-state index contributed by atoms with van der Waals surface area (Å²) >= 11 is 3.94. The number of fused-ring (bicyclic) bond motifs is 7. The Kier molecular flexibility index (Phi) is 4.51. The standard InChI is InChI=1S/C28H24S2/c1-2-3-11-20-17-23-27-22(15-16-29-27)25-24-19(14-13-18-8-5-4-6-9-18)10-7-12-21(24)26(25)28(23)30-20/h4-10,12,15-17H,2-3,11,13-14H2,1H3. The summed E-state index contributed by atoms with van der Waals surface area (Å²) in [5.74, 6) is 0. The van der Waals surface area contributed by atoms with Crippen LogP contribution in [0.4, 0.5) is 0 Å². The zero-order valence-corrected chi connectivity index (χ0v) is 18.8. The molecule has 0 unspecified atom stereocenters. The van der Waals surface area contributed by atoms with E-state index in [1.54, 1.807) is 4.88 Å². The van der Waals surface area contributed by atoms with E-state index in [2.05, 4.69) is 73.0 Å². The molecule has 148 valence electrons. The highest BCUT2D eigenvalue weighted by Gasteiger charge is 2.17. The van der Waals surface area contributed by atoms with Crippen LogP contribution in [0.5, 0.6) is 0 Å². The van der Waals surface area contributed by atoms with Crippen LogP contribution in [-0.2, 0) is 19.3 Å². The molecule has 0 radical (unpaired) electrons. The minimum absolute atomic E-state index is 1.10. The lowest BCUT2D eigenvalue weighted by atomic mass is 9.92. The third kappa shape index (κ3) is 2.78. The van der Waals surface area contributed by atoms with Crippen LogP contribution in [-0.4, -0.2) is 0 Å². The van der Waals surface area contributed by atoms with E-state index in [-0.39, 0.29) is 0 Å². The second-order valence-electron chi connectivity index (χ2n) is 8.30. The molecule has 3 aromatic carbocycles. The van der Waals surface area contributed by atoms with E-state index in [1.807, 2.05) is 22.7 Å². The largest absolute Gasteiger partial charge is 0.143 e. The van der Waals surface area contributed by atoms with E-state index in [4.69, 9.17) is 0 Å². The van der Waals surface area contributed by atoms with Crippen molar-refractivity contribution in [2.24, 2.45) is 0 Å². The van der Waals surface area contributed by atoms with Gasteiger partial charge in [0.25, 0.3) is 0 Å². The van der Waals surface area contributed by atoms with Gasteiger partial charge >= 0.3 is 0 Å². The molecule has 0 amide bonds. The van der Waals surface area contributed by atoms with Crippen LogP contribution in [0, 0.1) is 20.9 Å². The molecule has 0 nitrogen and oxygen atoms in total. The van der Waals surface area contributed by atoms with Gasteiger partial charge in [-0.15, -0.1) is 22.7 Å². The van der Waals surface area contributed by atoms with Crippen molar-refractivity contribution in [3.8, 4) is 0 Å². The van der Waals surface area contributed by atoms with Crippen LogP contribution >= 0.6 is 22.7 Å². The minimum atomic E-state index is 1.10. The predicted octanol–water partition coefficient (Wildman–Crippen LogP) is 8.13. The first-order chi connectivity index (χ1) is 14.8. The quantitative estimate of drug-likeness (QED) is 0.253. The normalized spacial score (nSPS) is 12.2. The van der Waals surface area contributed by atoms with Gasteiger partial charge in [-0.05, 0) is 64.8 Å². The van der Waals surface area contributed by atoms with Crippen molar-refractivity contribution in [2.75, 3.05) is 0 Å². The van der Waals surface area contributed by atoms with Crippen molar-refractivity contribution in [3.63, 3.8) is 0 Å². The Balaban J connectivity index is 1.58. The first kappa shape index (κ1) is 18.4. The Morgan fingerprint density at radius 3 is 2.50 bits per heavy atom. The number of thiophene rings is 2. The maximum Gasteiger partial charge on any atom is 0.0445 e. The number of hydrogen-bond donors (Lipinski definition) is 0. The zero-order valence-electron chi connectivity index (χ0n) is 17.2. The van der Waals surface area contributed by atoms with Crippen LogP contribution in [0.1, 0.15) is 35.8 Å². The smallest absolute Gasteiger partial charge is 0.0445 e. The molecule has 30 heavy (non-hydrogen) atoms. The third-order valence-electron chi connectivity index (χ3n) is 6.41. The van der Waals surface area contributed by atoms with Crippen molar-refractivity contribution >= 4 is 42.8 Å². The maximum absolute atomic E-state index is 2.48. The molecule has 1 aliphatic carbocycles. The van der Waals surface area contributed by atoms with Gasteiger partial charge in [0, 0.05) is 35.5 Å². The molecular weight excluding hydrogens is 400 g/mol. The van der Waals surface area contributed by atoms with Gasteiger partial charge in [-0.1, -0.05) is 61.9 Å². The highest BCUT2D eigenvalue weighted by atomic mass is 32.1. The molecule has 0 saturated carbocycles. The number of aryl methyl sites for hydroxylation is 3. The van der Waals surface area contributed by atoms with E-state index in [1.165, 1.54) is 71.4 Å². The summed E-state index contributed by atoms with van der Waals surface area (Å²) in [5.41, 5.74) is 2.92. The van der Waals surface area contributed by atoms with Crippen LogP contribution in [0.15, 0.2) is 66.0 Å². The summed E-state index contributed by atoms with van der Waals surface area (Å²) in [4.78, 5) is 1.55. The fourth-order valence-electron chi connectivity index (χ4n) is 4.92. The van der Waals surface area contributed by atoms with Gasteiger partial charge in [-0.2, -0.15) is 0 Å². The average Bonchev–Trinajstić information content (AvgIpc) is 3.40. The van der Waals surface area contributed by atoms with Crippen LogP contribution in [0.2, 0.25) is 0 Å². The fraction of sp³-hybridized carbons (Fsp3) is 0.214. The third-order valence-corrected chi connectivity index (χ3v) is 8.57. The average molecular weight is 425 g/mol. The molecule has 0 aliphatic heterocycles. The van der Waals surface area contributed by atoms with Crippen molar-refractivity contribution in [1.29, 1.82) is 0 Å². The Hall–Kier alpha value is -2.42. The minimum Gasteiger partial charge on any atom is -0.143 e. The molecule has 0 N–H and O–H groups in total. The van der Waals surface area contributed by atoms with Gasteiger partial charge < -0.3 is 0 Å². The molecule has 0 spiro atoms. The summed E-state index contributed by atoms with van der Waals surface area (Å²) < 4.78 is 2.99. The lowest BCUT2D eigenvalue weighted by molar-refractivity contribution is 0.804.